The second-order valence-corrected chi connectivity index (χ2v) is 3.44. The minimum atomic E-state index is -0.637. The van der Waals surface area contributed by atoms with Crippen LogP contribution in [0.4, 0.5) is 0 Å². The molecular formula is C11H13N3O. The number of carbonyl (C=O) groups is 1. The number of carbonyl (C=O) groups excluding carboxylic acids is 1. The highest BCUT2D eigenvalue weighted by molar-refractivity contribution is 5.85. The first kappa shape index (κ1) is 9.86. The van der Waals surface area contributed by atoms with Gasteiger partial charge in [0.05, 0.1) is 11.0 Å². The van der Waals surface area contributed by atoms with Crippen molar-refractivity contribution in [1.82, 2.24) is 9.97 Å². The van der Waals surface area contributed by atoms with Crippen LogP contribution in [-0.4, -0.2) is 15.8 Å². The highest BCUT2D eigenvalue weighted by Crippen LogP contribution is 2.15. The average molecular weight is 203 g/mol. The number of Topliss-reactive ketones (excluding diaryl/α,β-unsaturated/α-hetero) is 1. The van der Waals surface area contributed by atoms with Crippen LogP contribution < -0.4 is 5.73 Å². The Balaban J connectivity index is 2.40. The molecule has 1 heterocycles. The molecule has 1 unspecified atom stereocenters. The van der Waals surface area contributed by atoms with Crippen molar-refractivity contribution in [1.29, 1.82) is 0 Å². The lowest BCUT2D eigenvalue weighted by molar-refractivity contribution is -0.120. The Labute approximate surface area is 87.5 Å². The Kier molecular flexibility index (Phi) is 2.51. The van der Waals surface area contributed by atoms with Crippen molar-refractivity contribution in [3.63, 3.8) is 0 Å². The molecule has 78 valence electrons. The number of nitrogens with one attached hydrogen (secondary N) is 1. The molecule has 1 atom stereocenters. The summed E-state index contributed by atoms with van der Waals surface area (Å²) in [5, 5.41) is 0. The molecule has 15 heavy (non-hydrogen) atoms. The molecule has 0 spiro atoms. The number of fused-ring (bicyclic) bond motifs is 1. The van der Waals surface area contributed by atoms with Crippen LogP contribution in [0.1, 0.15) is 25.2 Å². The van der Waals surface area contributed by atoms with E-state index in [0.717, 1.165) is 11.0 Å². The number of benzene rings is 1. The van der Waals surface area contributed by atoms with Gasteiger partial charge in [-0.2, -0.15) is 0 Å². The maximum atomic E-state index is 11.4. The second-order valence-electron chi connectivity index (χ2n) is 3.44. The number of H-pyrrole nitrogens is 1. The first-order valence-corrected chi connectivity index (χ1v) is 4.95. The normalized spacial score (nSPS) is 12.9. The molecule has 0 bridgehead atoms. The number of imidazole rings is 1. The topological polar surface area (TPSA) is 71.8 Å². The first-order valence-electron chi connectivity index (χ1n) is 4.95. The Hall–Kier alpha value is -1.68. The predicted molar refractivity (Wildman–Crippen MR) is 58.3 cm³/mol. The quantitative estimate of drug-likeness (QED) is 0.794. The lowest BCUT2D eigenvalue weighted by Crippen LogP contribution is -2.21. The van der Waals surface area contributed by atoms with Crippen LogP contribution in [0.25, 0.3) is 11.0 Å². The van der Waals surface area contributed by atoms with Gasteiger partial charge in [-0.15, -0.1) is 0 Å². The number of hydrogen-bond donors (Lipinski definition) is 2. The summed E-state index contributed by atoms with van der Waals surface area (Å²) in [5.74, 6) is 0.539. The number of aromatic amines is 1. The molecule has 1 aromatic heterocycles. The van der Waals surface area contributed by atoms with Gasteiger partial charge in [-0.1, -0.05) is 19.1 Å². The predicted octanol–water partition coefficient (Wildman–Crippen LogP) is 1.54. The summed E-state index contributed by atoms with van der Waals surface area (Å²) >= 11 is 0. The minimum Gasteiger partial charge on any atom is -0.340 e. The van der Waals surface area contributed by atoms with Gasteiger partial charge in [0, 0.05) is 6.42 Å². The van der Waals surface area contributed by atoms with Crippen LogP contribution >= 0.6 is 0 Å². The number of nitrogens with two attached hydrogens (primary N) is 1. The summed E-state index contributed by atoms with van der Waals surface area (Å²) in [6.07, 6.45) is 0.429. The zero-order chi connectivity index (χ0) is 10.8. The molecule has 0 aliphatic heterocycles. The van der Waals surface area contributed by atoms with Gasteiger partial charge in [0.25, 0.3) is 0 Å². The molecule has 3 N–H and O–H groups in total. The highest BCUT2D eigenvalue weighted by Gasteiger charge is 2.17. The van der Waals surface area contributed by atoms with E-state index in [1.807, 2.05) is 24.3 Å². The van der Waals surface area contributed by atoms with Crippen molar-refractivity contribution in [2.75, 3.05) is 0 Å². The van der Waals surface area contributed by atoms with Crippen molar-refractivity contribution in [2.24, 2.45) is 5.73 Å². The summed E-state index contributed by atoms with van der Waals surface area (Å²) in [6, 6.07) is 6.98. The second kappa shape index (κ2) is 3.82. The van der Waals surface area contributed by atoms with E-state index in [4.69, 9.17) is 5.73 Å². The van der Waals surface area contributed by atoms with Gasteiger partial charge in [-0.25, -0.2) is 4.98 Å². The number of aromatic nitrogens is 2. The van der Waals surface area contributed by atoms with Gasteiger partial charge in [-0.3, -0.25) is 4.79 Å². The maximum Gasteiger partial charge on any atom is 0.156 e. The molecule has 0 saturated carbocycles. The lowest BCUT2D eigenvalue weighted by atomic mass is 10.1. The Bertz CT molecular complexity index is 456. The van der Waals surface area contributed by atoms with E-state index < -0.39 is 6.04 Å². The molecule has 0 aliphatic carbocycles. The number of hydrogen-bond acceptors (Lipinski definition) is 3. The molecule has 0 amide bonds. The molecule has 0 radical (unpaired) electrons. The van der Waals surface area contributed by atoms with E-state index in [2.05, 4.69) is 9.97 Å². The molecule has 0 fully saturated rings. The highest BCUT2D eigenvalue weighted by atomic mass is 16.1. The first-order chi connectivity index (χ1) is 7.22. The van der Waals surface area contributed by atoms with Crippen LogP contribution in [0.5, 0.6) is 0 Å². The van der Waals surface area contributed by atoms with Crippen LogP contribution in [0.15, 0.2) is 24.3 Å². The van der Waals surface area contributed by atoms with E-state index in [1.54, 1.807) is 6.92 Å². The Morgan fingerprint density at radius 1 is 1.53 bits per heavy atom. The zero-order valence-electron chi connectivity index (χ0n) is 8.53. The number of para-hydroxylation sites is 2. The fraction of sp³-hybridized carbons (Fsp3) is 0.273. The lowest BCUT2D eigenvalue weighted by Gasteiger charge is -2.04. The van der Waals surface area contributed by atoms with Gasteiger partial charge < -0.3 is 10.7 Å². The third-order valence-electron chi connectivity index (χ3n) is 2.40. The summed E-state index contributed by atoms with van der Waals surface area (Å²) < 4.78 is 0. The molecular weight excluding hydrogens is 190 g/mol. The van der Waals surface area contributed by atoms with E-state index in [1.165, 1.54) is 0 Å². The fourth-order valence-electron chi connectivity index (χ4n) is 1.49. The van der Waals surface area contributed by atoms with E-state index in [-0.39, 0.29) is 5.78 Å². The Morgan fingerprint density at radius 2 is 2.27 bits per heavy atom. The SMILES string of the molecule is CCC(=O)C(N)c1nc2ccccc2[nH]1. The smallest absolute Gasteiger partial charge is 0.156 e. The van der Waals surface area contributed by atoms with Crippen LogP contribution in [0.3, 0.4) is 0 Å². The monoisotopic (exact) mass is 203 g/mol. The molecule has 4 heteroatoms. The minimum absolute atomic E-state index is 0.00550. The average Bonchev–Trinajstić information content (AvgIpc) is 2.70. The number of nitrogens with zero attached hydrogens (tertiary/aromatic N) is 1. The fourth-order valence-corrected chi connectivity index (χ4v) is 1.49. The van der Waals surface area contributed by atoms with Gasteiger partial charge in [0.2, 0.25) is 0 Å². The van der Waals surface area contributed by atoms with Crippen LogP contribution in [0, 0.1) is 0 Å². The zero-order valence-corrected chi connectivity index (χ0v) is 8.53. The van der Waals surface area contributed by atoms with Crippen molar-refractivity contribution >= 4 is 16.8 Å². The van der Waals surface area contributed by atoms with Crippen LogP contribution in [0.2, 0.25) is 0 Å². The van der Waals surface area contributed by atoms with Gasteiger partial charge in [0.15, 0.2) is 5.78 Å². The van der Waals surface area contributed by atoms with Crippen molar-refractivity contribution in [3.05, 3.63) is 30.1 Å². The van der Waals surface area contributed by atoms with E-state index in [9.17, 15) is 4.79 Å². The van der Waals surface area contributed by atoms with Gasteiger partial charge >= 0.3 is 0 Å². The van der Waals surface area contributed by atoms with Crippen LogP contribution in [-0.2, 0) is 4.79 Å². The molecule has 0 aliphatic rings. The summed E-state index contributed by atoms with van der Waals surface area (Å²) in [6.45, 7) is 1.80. The summed E-state index contributed by atoms with van der Waals surface area (Å²) in [7, 11) is 0. The largest absolute Gasteiger partial charge is 0.340 e. The third kappa shape index (κ3) is 1.76. The standard InChI is InChI=1S/C11H13N3O/c1-2-9(15)10(12)11-13-7-5-3-4-6-8(7)14-11/h3-6,10H,2,12H2,1H3,(H,13,14). The van der Waals surface area contributed by atoms with Gasteiger partial charge in [-0.05, 0) is 12.1 Å². The van der Waals surface area contributed by atoms with Gasteiger partial charge in [0.1, 0.15) is 11.9 Å². The Morgan fingerprint density at radius 3 is 2.93 bits per heavy atom. The van der Waals surface area contributed by atoms with Crippen molar-refractivity contribution in [2.45, 2.75) is 19.4 Å². The molecule has 0 saturated heterocycles. The molecule has 1 aromatic carbocycles. The van der Waals surface area contributed by atoms with E-state index in [0.29, 0.717) is 12.2 Å². The summed E-state index contributed by atoms with van der Waals surface area (Å²) in [4.78, 5) is 18.7. The van der Waals surface area contributed by atoms with Crippen molar-refractivity contribution < 1.29 is 4.79 Å². The number of rotatable bonds is 3. The third-order valence-corrected chi connectivity index (χ3v) is 2.40. The van der Waals surface area contributed by atoms with Crippen molar-refractivity contribution in [3.8, 4) is 0 Å². The van der Waals surface area contributed by atoms with E-state index >= 15 is 0 Å². The number of ketones is 1. The molecule has 2 aromatic rings. The summed E-state index contributed by atoms with van der Waals surface area (Å²) in [5.41, 5.74) is 7.52. The maximum absolute atomic E-state index is 11.4. The molecule has 4 nitrogen and oxygen atoms in total. The molecule has 2 rings (SSSR count).